The first-order valence-corrected chi connectivity index (χ1v) is 7.85. The number of halogens is 1. The van der Waals surface area contributed by atoms with Gasteiger partial charge in [0.25, 0.3) is 0 Å². The lowest BCUT2D eigenvalue weighted by Gasteiger charge is -2.05. The third-order valence-electron chi connectivity index (χ3n) is 3.43. The van der Waals surface area contributed by atoms with Gasteiger partial charge in [0.05, 0.1) is 6.61 Å². The van der Waals surface area contributed by atoms with Gasteiger partial charge in [-0.25, -0.2) is 14.1 Å². The molecule has 0 saturated heterocycles. The Morgan fingerprint density at radius 2 is 1.96 bits per heavy atom. The van der Waals surface area contributed by atoms with E-state index >= 15 is 0 Å². The Kier molecular flexibility index (Phi) is 5.52. The van der Waals surface area contributed by atoms with Crippen LogP contribution in [0.15, 0.2) is 60.9 Å². The summed E-state index contributed by atoms with van der Waals surface area (Å²) in [6, 6.07) is 14.8. The molecule has 124 valence electrons. The number of pyridine rings is 1. The minimum Gasteiger partial charge on any atom is -0.377 e. The lowest BCUT2D eigenvalue weighted by molar-refractivity contribution is 0.120. The van der Waals surface area contributed by atoms with Gasteiger partial charge < -0.3 is 10.1 Å². The highest BCUT2D eigenvalue weighted by atomic mass is 19.1. The smallest absolute Gasteiger partial charge is 0.189 e. The van der Waals surface area contributed by atoms with Gasteiger partial charge in [-0.1, -0.05) is 30.3 Å². The topological polar surface area (TPSA) is 52.0 Å². The third kappa shape index (κ3) is 4.39. The van der Waals surface area contributed by atoms with Gasteiger partial charge in [-0.3, -0.25) is 0 Å². The van der Waals surface area contributed by atoms with Crippen LogP contribution in [-0.4, -0.2) is 27.9 Å². The van der Waals surface area contributed by atoms with E-state index in [-0.39, 0.29) is 5.82 Å². The van der Waals surface area contributed by atoms with Crippen LogP contribution in [0.5, 0.6) is 0 Å². The molecule has 0 fully saturated rings. The van der Waals surface area contributed by atoms with E-state index in [4.69, 9.17) is 4.74 Å². The molecule has 2 aromatic heterocycles. The van der Waals surface area contributed by atoms with Crippen LogP contribution in [0.25, 0.3) is 5.82 Å². The van der Waals surface area contributed by atoms with Gasteiger partial charge in [-0.2, -0.15) is 0 Å². The fourth-order valence-electron chi connectivity index (χ4n) is 2.24. The molecule has 1 N–H and O–H groups in total. The maximum absolute atomic E-state index is 13.7. The molecule has 0 bridgehead atoms. The van der Waals surface area contributed by atoms with Crippen molar-refractivity contribution >= 4 is 5.82 Å². The lowest BCUT2D eigenvalue weighted by Crippen LogP contribution is -2.07. The maximum Gasteiger partial charge on any atom is 0.189 e. The molecule has 2 heterocycles. The molecule has 0 aliphatic heterocycles. The quantitative estimate of drug-likeness (QED) is 0.644. The van der Waals surface area contributed by atoms with Gasteiger partial charge in [-0.15, -0.1) is 5.10 Å². The summed E-state index contributed by atoms with van der Waals surface area (Å²) in [5, 5.41) is 7.46. The molecular formula is C18H19FN4O. The van der Waals surface area contributed by atoms with Crippen LogP contribution in [-0.2, 0) is 11.3 Å². The number of hydrogen-bond acceptors (Lipinski definition) is 4. The number of rotatable bonds is 8. The van der Waals surface area contributed by atoms with Gasteiger partial charge in [0, 0.05) is 31.6 Å². The summed E-state index contributed by atoms with van der Waals surface area (Å²) in [7, 11) is 0. The minimum atomic E-state index is -0.401. The second-order valence-electron chi connectivity index (χ2n) is 5.27. The molecule has 0 spiro atoms. The Balaban J connectivity index is 1.39. The molecule has 3 aromatic rings. The fourth-order valence-corrected chi connectivity index (χ4v) is 2.24. The Bertz CT molecular complexity index is 760. The standard InChI is InChI=1S/C18H19FN4O/c19-16-8-4-10-21-18(16)23-12-9-17(22-23)20-11-5-13-24-14-15-6-2-1-3-7-15/h1-4,6-10,12H,5,11,13-14H2,(H,20,22). The molecule has 24 heavy (non-hydrogen) atoms. The molecule has 0 amide bonds. The second-order valence-corrected chi connectivity index (χ2v) is 5.27. The SMILES string of the molecule is Fc1cccnc1-n1ccc(NCCCOCc2ccccc2)n1. The first kappa shape index (κ1) is 16.1. The Morgan fingerprint density at radius 3 is 2.79 bits per heavy atom. The van der Waals surface area contributed by atoms with Gasteiger partial charge >= 0.3 is 0 Å². The summed E-state index contributed by atoms with van der Waals surface area (Å²) >= 11 is 0. The van der Waals surface area contributed by atoms with Crippen LogP contribution >= 0.6 is 0 Å². The van der Waals surface area contributed by atoms with E-state index in [0.29, 0.717) is 19.0 Å². The van der Waals surface area contributed by atoms with E-state index in [0.717, 1.165) is 13.0 Å². The molecule has 5 nitrogen and oxygen atoms in total. The average Bonchev–Trinajstić information content (AvgIpc) is 3.08. The summed E-state index contributed by atoms with van der Waals surface area (Å²) in [5.41, 5.74) is 1.17. The average molecular weight is 326 g/mol. The van der Waals surface area contributed by atoms with Crippen molar-refractivity contribution in [1.29, 1.82) is 0 Å². The van der Waals surface area contributed by atoms with E-state index in [1.165, 1.54) is 22.5 Å². The van der Waals surface area contributed by atoms with Crippen LogP contribution in [0, 0.1) is 5.82 Å². The van der Waals surface area contributed by atoms with Crippen LogP contribution in [0.2, 0.25) is 0 Å². The van der Waals surface area contributed by atoms with Gasteiger partial charge in [0.2, 0.25) is 0 Å². The molecule has 0 saturated carbocycles. The summed E-state index contributed by atoms with van der Waals surface area (Å²) < 4.78 is 20.7. The molecule has 0 atom stereocenters. The number of aromatic nitrogens is 3. The first-order valence-electron chi connectivity index (χ1n) is 7.85. The molecule has 0 aliphatic rings. The zero-order chi connectivity index (χ0) is 16.6. The van der Waals surface area contributed by atoms with Gasteiger partial charge in [0.15, 0.2) is 11.6 Å². The van der Waals surface area contributed by atoms with E-state index in [1.54, 1.807) is 18.3 Å². The largest absolute Gasteiger partial charge is 0.377 e. The highest BCUT2D eigenvalue weighted by Gasteiger charge is 2.06. The molecule has 6 heteroatoms. The van der Waals surface area contributed by atoms with Crippen LogP contribution < -0.4 is 5.32 Å². The van der Waals surface area contributed by atoms with E-state index in [2.05, 4.69) is 15.4 Å². The summed E-state index contributed by atoms with van der Waals surface area (Å²) in [4.78, 5) is 3.99. The van der Waals surface area contributed by atoms with E-state index in [1.807, 2.05) is 30.3 Å². The monoisotopic (exact) mass is 326 g/mol. The minimum absolute atomic E-state index is 0.191. The van der Waals surface area contributed by atoms with Crippen LogP contribution in [0.1, 0.15) is 12.0 Å². The zero-order valence-electron chi connectivity index (χ0n) is 13.2. The van der Waals surface area contributed by atoms with Crippen LogP contribution in [0.4, 0.5) is 10.2 Å². The van der Waals surface area contributed by atoms with E-state index in [9.17, 15) is 4.39 Å². The highest BCUT2D eigenvalue weighted by Crippen LogP contribution is 2.11. The summed E-state index contributed by atoms with van der Waals surface area (Å²) in [6.07, 6.45) is 4.08. The summed E-state index contributed by atoms with van der Waals surface area (Å²) in [5.74, 6) is 0.473. The van der Waals surface area contributed by atoms with Crippen molar-refractivity contribution < 1.29 is 9.13 Å². The number of ether oxygens (including phenoxy) is 1. The fraction of sp³-hybridized carbons (Fsp3) is 0.222. The molecule has 0 radical (unpaired) electrons. The number of hydrogen-bond donors (Lipinski definition) is 1. The van der Waals surface area contributed by atoms with Crippen molar-refractivity contribution in [1.82, 2.24) is 14.8 Å². The predicted molar refractivity (Wildman–Crippen MR) is 90.5 cm³/mol. The first-order chi connectivity index (χ1) is 11.8. The molecule has 3 rings (SSSR count). The number of nitrogens with one attached hydrogen (secondary N) is 1. The Morgan fingerprint density at radius 1 is 1.08 bits per heavy atom. The Labute approximate surface area is 140 Å². The predicted octanol–water partition coefficient (Wildman–Crippen LogP) is 3.43. The van der Waals surface area contributed by atoms with Crippen molar-refractivity contribution in [3.63, 3.8) is 0 Å². The van der Waals surface area contributed by atoms with Crippen molar-refractivity contribution in [2.24, 2.45) is 0 Å². The molecule has 0 aliphatic carbocycles. The Hall–Kier alpha value is -2.73. The maximum atomic E-state index is 13.7. The van der Waals surface area contributed by atoms with Crippen molar-refractivity contribution in [2.45, 2.75) is 13.0 Å². The van der Waals surface area contributed by atoms with E-state index < -0.39 is 5.82 Å². The molecule has 0 unspecified atom stereocenters. The van der Waals surface area contributed by atoms with Crippen molar-refractivity contribution in [3.05, 3.63) is 72.3 Å². The highest BCUT2D eigenvalue weighted by molar-refractivity contribution is 5.35. The third-order valence-corrected chi connectivity index (χ3v) is 3.43. The van der Waals surface area contributed by atoms with Gasteiger partial charge in [-0.05, 0) is 24.1 Å². The normalized spacial score (nSPS) is 10.7. The second kappa shape index (κ2) is 8.21. The lowest BCUT2D eigenvalue weighted by atomic mass is 10.2. The van der Waals surface area contributed by atoms with Crippen LogP contribution in [0.3, 0.4) is 0 Å². The summed E-state index contributed by atoms with van der Waals surface area (Å²) in [6.45, 7) is 2.02. The van der Waals surface area contributed by atoms with Crippen molar-refractivity contribution in [3.8, 4) is 5.82 Å². The molecule has 1 aromatic carbocycles. The number of benzene rings is 1. The molecular weight excluding hydrogens is 307 g/mol. The number of anilines is 1. The number of nitrogens with zero attached hydrogens (tertiary/aromatic N) is 3. The zero-order valence-corrected chi connectivity index (χ0v) is 13.2. The van der Waals surface area contributed by atoms with Gasteiger partial charge in [0.1, 0.15) is 5.82 Å². The van der Waals surface area contributed by atoms with Crippen molar-refractivity contribution in [2.75, 3.05) is 18.5 Å².